The molecule has 1 aliphatic heterocycles. The molecule has 0 aliphatic carbocycles. The first-order valence-corrected chi connectivity index (χ1v) is 14.7. The molecule has 9 nitrogen and oxygen atoms in total. The van der Waals surface area contributed by atoms with Crippen LogP contribution < -0.4 is 20.9 Å². The molecule has 2 heterocycles. The minimum absolute atomic E-state index is 0.00752. The molecule has 0 saturated carbocycles. The van der Waals surface area contributed by atoms with Crippen LogP contribution in [0.1, 0.15) is 39.7 Å². The van der Waals surface area contributed by atoms with Crippen molar-refractivity contribution in [3.63, 3.8) is 0 Å². The topological polar surface area (TPSA) is 111 Å². The van der Waals surface area contributed by atoms with Crippen LogP contribution in [0.15, 0.2) is 53.5 Å². The molecule has 1 atom stereocenters. The Balaban J connectivity index is 1.62. The Morgan fingerprint density at radius 2 is 1.65 bits per heavy atom. The van der Waals surface area contributed by atoms with Crippen molar-refractivity contribution in [3.8, 4) is 11.4 Å². The van der Waals surface area contributed by atoms with E-state index in [9.17, 15) is 22.0 Å². The van der Waals surface area contributed by atoms with Gasteiger partial charge in [0, 0.05) is 43.3 Å². The minimum atomic E-state index is -3.58. The van der Waals surface area contributed by atoms with E-state index in [1.165, 1.54) is 10.5 Å². The number of sulfonamides is 1. The summed E-state index contributed by atoms with van der Waals surface area (Å²) < 4.78 is 62.6. The lowest BCUT2D eigenvalue weighted by molar-refractivity contribution is 0.0840. The number of halogens is 2. The third-order valence-corrected chi connectivity index (χ3v) is 9.46. The van der Waals surface area contributed by atoms with Crippen molar-refractivity contribution in [1.82, 2.24) is 14.1 Å². The van der Waals surface area contributed by atoms with E-state index < -0.39 is 27.2 Å². The van der Waals surface area contributed by atoms with Gasteiger partial charge in [-0.15, -0.1) is 0 Å². The molecule has 0 radical (unpaired) electrons. The summed E-state index contributed by atoms with van der Waals surface area (Å²) in [6.45, 7) is 8.90. The van der Waals surface area contributed by atoms with Crippen molar-refractivity contribution >= 4 is 21.4 Å². The molecule has 0 bridgehead atoms. The number of nitrogen functional groups attached to an aromatic ring is 1. The van der Waals surface area contributed by atoms with Gasteiger partial charge in [0.1, 0.15) is 23.4 Å². The molecule has 0 amide bonds. The van der Waals surface area contributed by atoms with Gasteiger partial charge in [0.15, 0.2) is 0 Å². The van der Waals surface area contributed by atoms with Crippen molar-refractivity contribution in [1.29, 1.82) is 0 Å². The summed E-state index contributed by atoms with van der Waals surface area (Å²) in [7, 11) is -3.58. The van der Waals surface area contributed by atoms with Gasteiger partial charge in [-0.3, -0.25) is 4.79 Å². The minimum Gasteiger partial charge on any atom is -0.483 e. The molecule has 12 heteroatoms. The van der Waals surface area contributed by atoms with Crippen LogP contribution in [0.4, 0.5) is 20.2 Å². The highest BCUT2D eigenvalue weighted by molar-refractivity contribution is 7.88. The van der Waals surface area contributed by atoms with Gasteiger partial charge in [-0.2, -0.15) is 14.1 Å². The van der Waals surface area contributed by atoms with Crippen molar-refractivity contribution in [2.75, 3.05) is 36.8 Å². The maximum absolute atomic E-state index is 13.9. The maximum Gasteiger partial charge on any atom is 0.316 e. The zero-order chi connectivity index (χ0) is 29.2. The largest absolute Gasteiger partial charge is 0.483 e. The van der Waals surface area contributed by atoms with E-state index in [0.29, 0.717) is 36.1 Å². The highest BCUT2D eigenvalue weighted by atomic mass is 32.2. The number of rotatable bonds is 9. The van der Waals surface area contributed by atoms with Crippen LogP contribution in [0.2, 0.25) is 0 Å². The third kappa shape index (κ3) is 6.44. The van der Waals surface area contributed by atoms with Crippen molar-refractivity contribution in [3.05, 3.63) is 76.2 Å². The molecule has 2 aromatic carbocycles. The molecular weight excluding hydrogens is 540 g/mol. The molecule has 1 fully saturated rings. The molecule has 216 valence electrons. The molecule has 40 heavy (non-hydrogen) atoms. The Morgan fingerprint density at radius 1 is 1.05 bits per heavy atom. The van der Waals surface area contributed by atoms with Crippen LogP contribution in [-0.4, -0.2) is 54.8 Å². The zero-order valence-corrected chi connectivity index (χ0v) is 23.9. The molecule has 3 aromatic rings. The highest BCUT2D eigenvalue weighted by Crippen LogP contribution is 2.32. The predicted octanol–water partition coefficient (Wildman–Crippen LogP) is 3.95. The maximum atomic E-state index is 13.9. The van der Waals surface area contributed by atoms with Gasteiger partial charge in [-0.1, -0.05) is 32.9 Å². The SMILES string of the molecule is CCC(C)(C)C(C)Oc1c(N2CCN(S(=O)(=O)Cc3ccc(N)cc3)CC2)cnn(-c2cc(F)cc(F)c2)c1=O. The fraction of sp³-hybridized carbons (Fsp3) is 0.429. The summed E-state index contributed by atoms with van der Waals surface area (Å²) in [5, 5.41) is 4.19. The molecule has 0 spiro atoms. The Hall–Kier alpha value is -3.51. The number of aromatic nitrogens is 2. The van der Waals surface area contributed by atoms with Crippen LogP contribution in [0.25, 0.3) is 5.69 Å². The van der Waals surface area contributed by atoms with Crippen LogP contribution in [-0.2, 0) is 15.8 Å². The molecule has 4 rings (SSSR count). The van der Waals surface area contributed by atoms with Gasteiger partial charge in [0.05, 0.1) is 17.6 Å². The van der Waals surface area contributed by atoms with Gasteiger partial charge >= 0.3 is 5.56 Å². The number of nitrogens with zero attached hydrogens (tertiary/aromatic N) is 4. The van der Waals surface area contributed by atoms with E-state index in [1.807, 2.05) is 32.6 Å². The van der Waals surface area contributed by atoms with E-state index in [-0.39, 0.29) is 41.8 Å². The smallest absolute Gasteiger partial charge is 0.316 e. The van der Waals surface area contributed by atoms with E-state index in [4.69, 9.17) is 10.5 Å². The summed E-state index contributed by atoms with van der Waals surface area (Å²) in [5.41, 5.74) is 6.28. The Bertz CT molecular complexity index is 1500. The van der Waals surface area contributed by atoms with Gasteiger partial charge < -0.3 is 15.4 Å². The van der Waals surface area contributed by atoms with Crippen molar-refractivity contribution in [2.24, 2.45) is 5.41 Å². The first-order valence-electron chi connectivity index (χ1n) is 13.1. The molecule has 1 aromatic heterocycles. The monoisotopic (exact) mass is 575 g/mol. The van der Waals surface area contributed by atoms with Crippen molar-refractivity contribution < 1.29 is 21.9 Å². The number of piperazine rings is 1. The number of nitrogens with two attached hydrogens (primary N) is 1. The Morgan fingerprint density at radius 3 is 2.23 bits per heavy atom. The Labute approximate surface area is 233 Å². The lowest BCUT2D eigenvalue weighted by atomic mass is 9.85. The number of anilines is 2. The number of benzene rings is 2. The summed E-state index contributed by atoms with van der Waals surface area (Å²) in [5.74, 6) is -1.83. The Kier molecular flexibility index (Phi) is 8.50. The number of hydrogen-bond acceptors (Lipinski definition) is 7. The average Bonchev–Trinajstić information content (AvgIpc) is 2.90. The van der Waals surface area contributed by atoms with Gasteiger partial charge in [0.2, 0.25) is 15.8 Å². The van der Waals surface area contributed by atoms with Crippen LogP contribution in [0, 0.1) is 17.0 Å². The highest BCUT2D eigenvalue weighted by Gasteiger charge is 2.32. The first-order chi connectivity index (χ1) is 18.8. The molecule has 1 saturated heterocycles. The summed E-state index contributed by atoms with van der Waals surface area (Å²) in [6, 6.07) is 9.47. The fourth-order valence-electron chi connectivity index (χ4n) is 4.36. The molecule has 1 aliphatic rings. The standard InChI is InChI=1S/C28H35F2N5O4S/c1-5-28(3,4)19(2)39-26-25(17-32-35(27(26)36)24-15-21(29)14-22(30)16-24)33-10-12-34(13-11-33)40(37,38)18-20-6-8-23(31)9-7-20/h6-9,14-17,19H,5,10-13,18,31H2,1-4H3. The van der Waals surface area contributed by atoms with Crippen molar-refractivity contribution in [2.45, 2.75) is 46.0 Å². The zero-order valence-electron chi connectivity index (χ0n) is 23.1. The molecule has 2 N–H and O–H groups in total. The lowest BCUT2D eigenvalue weighted by Gasteiger charge is -2.37. The molecular formula is C28H35F2N5O4S. The van der Waals surface area contributed by atoms with E-state index in [1.54, 1.807) is 24.3 Å². The third-order valence-electron chi connectivity index (χ3n) is 7.61. The summed E-state index contributed by atoms with van der Waals surface area (Å²) in [4.78, 5) is 15.5. The summed E-state index contributed by atoms with van der Waals surface area (Å²) in [6.07, 6.45) is 1.82. The van der Waals surface area contributed by atoms with Gasteiger partial charge in [-0.05, 0) is 43.2 Å². The van der Waals surface area contributed by atoms with E-state index in [0.717, 1.165) is 23.2 Å². The molecule has 1 unspecified atom stereocenters. The predicted molar refractivity (Wildman–Crippen MR) is 151 cm³/mol. The van der Waals surface area contributed by atoms with E-state index >= 15 is 0 Å². The quantitative estimate of drug-likeness (QED) is 0.385. The second-order valence-electron chi connectivity index (χ2n) is 10.7. The van der Waals surface area contributed by atoms with Crippen LogP contribution in [0.3, 0.4) is 0 Å². The second kappa shape index (κ2) is 11.5. The normalized spacial score (nSPS) is 15.7. The van der Waals surface area contributed by atoms with Gasteiger partial charge in [0.25, 0.3) is 0 Å². The van der Waals surface area contributed by atoms with Crippen LogP contribution >= 0.6 is 0 Å². The van der Waals surface area contributed by atoms with Gasteiger partial charge in [-0.25, -0.2) is 17.2 Å². The fourth-order valence-corrected chi connectivity index (χ4v) is 5.87. The summed E-state index contributed by atoms with van der Waals surface area (Å²) >= 11 is 0. The average molecular weight is 576 g/mol. The number of hydrogen-bond donors (Lipinski definition) is 1. The first kappa shape index (κ1) is 29.5. The second-order valence-corrected chi connectivity index (χ2v) is 12.7. The lowest BCUT2D eigenvalue weighted by Crippen LogP contribution is -2.49. The van der Waals surface area contributed by atoms with E-state index in [2.05, 4.69) is 5.10 Å². The van der Waals surface area contributed by atoms with Crippen LogP contribution in [0.5, 0.6) is 5.75 Å². The number of ether oxygens (including phenoxy) is 1.